The van der Waals surface area contributed by atoms with Gasteiger partial charge in [-0.15, -0.1) is 0 Å². The Morgan fingerprint density at radius 1 is 1.07 bits per heavy atom. The van der Waals surface area contributed by atoms with E-state index in [1.165, 1.54) is 12.1 Å². The molecule has 0 fully saturated rings. The number of hydrogen-bond acceptors (Lipinski definition) is 6. The SMILES string of the molecule is CCN(CCO)c1nc(Nc2ccc(F)cc2)c2cnn(-c3ccccc3)c2n1. The standard InChI is InChI=1S/C21H21FN6O/c1-2-27(12-13-29)21-25-19(24-16-10-8-15(22)9-11-16)18-14-23-28(20(18)26-21)17-6-4-3-5-7-17/h3-11,14,29H,2,12-13H2,1H3,(H,24,25,26). The number of benzene rings is 2. The molecular formula is C21H21FN6O. The maximum Gasteiger partial charge on any atom is 0.229 e. The van der Waals surface area contributed by atoms with E-state index in [2.05, 4.69) is 15.4 Å². The molecule has 29 heavy (non-hydrogen) atoms. The first-order chi connectivity index (χ1) is 14.2. The van der Waals surface area contributed by atoms with Gasteiger partial charge in [-0.3, -0.25) is 0 Å². The third kappa shape index (κ3) is 3.88. The third-order valence-electron chi connectivity index (χ3n) is 4.56. The van der Waals surface area contributed by atoms with Crippen LogP contribution in [0.3, 0.4) is 0 Å². The molecule has 0 atom stereocenters. The molecule has 0 aliphatic carbocycles. The fraction of sp³-hybridized carbons (Fsp3) is 0.190. The molecule has 0 saturated heterocycles. The number of likely N-dealkylation sites (N-methyl/N-ethyl adjacent to an activating group) is 1. The summed E-state index contributed by atoms with van der Waals surface area (Å²) < 4.78 is 15.0. The van der Waals surface area contributed by atoms with E-state index in [4.69, 9.17) is 4.98 Å². The molecule has 2 heterocycles. The highest BCUT2D eigenvalue weighted by atomic mass is 19.1. The van der Waals surface area contributed by atoms with Crippen LogP contribution in [-0.4, -0.2) is 44.6 Å². The zero-order valence-electron chi connectivity index (χ0n) is 16.0. The lowest BCUT2D eigenvalue weighted by molar-refractivity contribution is 0.302. The molecule has 0 radical (unpaired) electrons. The number of fused-ring (bicyclic) bond motifs is 1. The molecule has 148 valence electrons. The van der Waals surface area contributed by atoms with E-state index in [0.717, 1.165) is 11.1 Å². The Balaban J connectivity index is 1.86. The first-order valence-corrected chi connectivity index (χ1v) is 9.39. The number of halogens is 1. The Morgan fingerprint density at radius 2 is 1.83 bits per heavy atom. The van der Waals surface area contributed by atoms with E-state index in [-0.39, 0.29) is 12.4 Å². The fourth-order valence-electron chi connectivity index (χ4n) is 3.08. The Kier molecular flexibility index (Phi) is 5.35. The van der Waals surface area contributed by atoms with Gasteiger partial charge in [-0.25, -0.2) is 9.07 Å². The van der Waals surface area contributed by atoms with Crippen molar-refractivity contribution < 1.29 is 9.50 Å². The van der Waals surface area contributed by atoms with Crippen LogP contribution in [-0.2, 0) is 0 Å². The van der Waals surface area contributed by atoms with E-state index in [1.54, 1.807) is 23.0 Å². The number of hydrogen-bond donors (Lipinski definition) is 2. The summed E-state index contributed by atoms with van der Waals surface area (Å²) in [4.78, 5) is 11.3. The summed E-state index contributed by atoms with van der Waals surface area (Å²) in [5, 5.41) is 17.9. The lowest BCUT2D eigenvalue weighted by Gasteiger charge is -2.20. The van der Waals surface area contributed by atoms with Crippen LogP contribution in [0.4, 0.5) is 21.8 Å². The number of para-hydroxylation sites is 1. The molecule has 8 heteroatoms. The second-order valence-electron chi connectivity index (χ2n) is 6.44. The maximum atomic E-state index is 13.3. The molecule has 0 aliphatic rings. The molecular weight excluding hydrogens is 371 g/mol. The summed E-state index contributed by atoms with van der Waals surface area (Å²) in [6.45, 7) is 3.03. The van der Waals surface area contributed by atoms with Crippen molar-refractivity contribution in [1.82, 2.24) is 19.7 Å². The van der Waals surface area contributed by atoms with Crippen LogP contribution in [0.2, 0.25) is 0 Å². The largest absolute Gasteiger partial charge is 0.395 e. The van der Waals surface area contributed by atoms with E-state index < -0.39 is 0 Å². The minimum absolute atomic E-state index is 0.00604. The van der Waals surface area contributed by atoms with Gasteiger partial charge in [-0.2, -0.15) is 15.1 Å². The first kappa shape index (κ1) is 18.8. The van der Waals surface area contributed by atoms with Crippen LogP contribution in [0.25, 0.3) is 16.7 Å². The molecule has 4 rings (SSSR count). The lowest BCUT2D eigenvalue weighted by atomic mass is 10.3. The van der Waals surface area contributed by atoms with E-state index in [0.29, 0.717) is 36.2 Å². The summed E-state index contributed by atoms with van der Waals surface area (Å²) in [5.74, 6) is 0.743. The monoisotopic (exact) mass is 392 g/mol. The average Bonchev–Trinajstić information content (AvgIpc) is 3.18. The van der Waals surface area contributed by atoms with Gasteiger partial charge in [0, 0.05) is 18.8 Å². The summed E-state index contributed by atoms with van der Waals surface area (Å²) in [5.41, 5.74) is 2.22. The van der Waals surface area contributed by atoms with Crippen molar-refractivity contribution >= 4 is 28.5 Å². The van der Waals surface area contributed by atoms with Crippen LogP contribution in [0.5, 0.6) is 0 Å². The number of nitrogens with zero attached hydrogens (tertiary/aromatic N) is 5. The molecule has 0 spiro atoms. The fourth-order valence-corrected chi connectivity index (χ4v) is 3.08. The highest BCUT2D eigenvalue weighted by Crippen LogP contribution is 2.28. The quantitative estimate of drug-likeness (QED) is 0.501. The van der Waals surface area contributed by atoms with Gasteiger partial charge in [0.15, 0.2) is 5.65 Å². The molecule has 0 bridgehead atoms. The van der Waals surface area contributed by atoms with Gasteiger partial charge in [0.1, 0.15) is 11.6 Å². The van der Waals surface area contributed by atoms with Gasteiger partial charge in [-0.05, 0) is 43.3 Å². The van der Waals surface area contributed by atoms with Crippen molar-refractivity contribution in [2.75, 3.05) is 29.9 Å². The highest BCUT2D eigenvalue weighted by Gasteiger charge is 2.17. The number of rotatable bonds is 7. The van der Waals surface area contributed by atoms with Crippen LogP contribution in [0.15, 0.2) is 60.8 Å². The van der Waals surface area contributed by atoms with Crippen LogP contribution >= 0.6 is 0 Å². The predicted octanol–water partition coefficient (Wildman–Crippen LogP) is 3.52. The Labute approximate surface area is 167 Å². The molecule has 0 unspecified atom stereocenters. The Hall–Kier alpha value is -3.52. The second-order valence-corrected chi connectivity index (χ2v) is 6.44. The van der Waals surface area contributed by atoms with Crippen LogP contribution in [0.1, 0.15) is 6.92 Å². The number of anilines is 3. The number of aromatic nitrogens is 4. The van der Waals surface area contributed by atoms with Gasteiger partial charge in [0.25, 0.3) is 0 Å². The molecule has 0 amide bonds. The smallest absolute Gasteiger partial charge is 0.229 e. The molecule has 0 aliphatic heterocycles. The number of nitrogens with one attached hydrogen (secondary N) is 1. The summed E-state index contributed by atoms with van der Waals surface area (Å²) in [7, 11) is 0. The number of aliphatic hydroxyl groups is 1. The van der Waals surface area contributed by atoms with E-state index >= 15 is 0 Å². The molecule has 2 N–H and O–H groups in total. The average molecular weight is 392 g/mol. The van der Waals surface area contributed by atoms with Crippen molar-refractivity contribution in [1.29, 1.82) is 0 Å². The summed E-state index contributed by atoms with van der Waals surface area (Å²) in [6, 6.07) is 15.8. The van der Waals surface area contributed by atoms with Gasteiger partial charge in [0.2, 0.25) is 5.95 Å². The van der Waals surface area contributed by atoms with E-state index in [1.807, 2.05) is 42.2 Å². The lowest BCUT2D eigenvalue weighted by Crippen LogP contribution is -2.28. The van der Waals surface area contributed by atoms with Crippen molar-refractivity contribution in [2.45, 2.75) is 6.92 Å². The summed E-state index contributed by atoms with van der Waals surface area (Å²) >= 11 is 0. The highest BCUT2D eigenvalue weighted by molar-refractivity contribution is 5.90. The predicted molar refractivity (Wildman–Crippen MR) is 111 cm³/mol. The third-order valence-corrected chi connectivity index (χ3v) is 4.56. The molecule has 4 aromatic rings. The van der Waals surface area contributed by atoms with Crippen molar-refractivity contribution in [3.05, 3.63) is 66.6 Å². The molecule has 2 aromatic heterocycles. The number of aliphatic hydroxyl groups excluding tert-OH is 1. The maximum absolute atomic E-state index is 13.3. The van der Waals surface area contributed by atoms with Crippen molar-refractivity contribution in [2.24, 2.45) is 0 Å². The molecule has 2 aromatic carbocycles. The Morgan fingerprint density at radius 3 is 2.52 bits per heavy atom. The van der Waals surface area contributed by atoms with Crippen molar-refractivity contribution in [3.63, 3.8) is 0 Å². The molecule has 0 saturated carbocycles. The topological polar surface area (TPSA) is 79.1 Å². The van der Waals surface area contributed by atoms with Gasteiger partial charge in [-0.1, -0.05) is 18.2 Å². The van der Waals surface area contributed by atoms with Crippen LogP contribution in [0, 0.1) is 5.82 Å². The second kappa shape index (κ2) is 8.24. The Bertz CT molecular complexity index is 1100. The van der Waals surface area contributed by atoms with Gasteiger partial charge >= 0.3 is 0 Å². The zero-order valence-corrected chi connectivity index (χ0v) is 16.0. The molecule has 7 nitrogen and oxygen atoms in total. The van der Waals surface area contributed by atoms with E-state index in [9.17, 15) is 9.50 Å². The summed E-state index contributed by atoms with van der Waals surface area (Å²) in [6.07, 6.45) is 1.71. The zero-order chi connectivity index (χ0) is 20.2. The van der Waals surface area contributed by atoms with Crippen molar-refractivity contribution in [3.8, 4) is 5.69 Å². The van der Waals surface area contributed by atoms with Crippen LogP contribution < -0.4 is 10.2 Å². The minimum atomic E-state index is -0.305. The first-order valence-electron chi connectivity index (χ1n) is 9.39. The van der Waals surface area contributed by atoms with Gasteiger partial charge in [0.05, 0.1) is 23.9 Å². The normalized spacial score (nSPS) is 11.0. The van der Waals surface area contributed by atoms with Gasteiger partial charge < -0.3 is 15.3 Å². The minimum Gasteiger partial charge on any atom is -0.395 e.